The molecule has 0 N–H and O–H groups in total. The highest BCUT2D eigenvalue weighted by Gasteiger charge is 2.16. The first kappa shape index (κ1) is 40.6. The van der Waals surface area contributed by atoms with Gasteiger partial charge in [0.2, 0.25) is 0 Å². The molecule has 0 bridgehead atoms. The molecule has 0 aliphatic heterocycles. The van der Waals surface area contributed by atoms with Crippen LogP contribution in [0.1, 0.15) is 175 Å². The zero-order valence-corrected chi connectivity index (χ0v) is 29.0. The first-order valence-corrected chi connectivity index (χ1v) is 18.5. The fourth-order valence-electron chi connectivity index (χ4n) is 5.73. The van der Waals surface area contributed by atoms with Crippen LogP contribution in [0.3, 0.4) is 0 Å². The summed E-state index contributed by atoms with van der Waals surface area (Å²) in [5.74, 6) is 0.812. The highest BCUT2D eigenvalue weighted by atomic mass is 16.7. The van der Waals surface area contributed by atoms with E-state index in [1.165, 1.54) is 101 Å². The van der Waals surface area contributed by atoms with E-state index in [2.05, 4.69) is 25.9 Å². The first-order valence-electron chi connectivity index (χ1n) is 18.5. The number of ether oxygens (including phenoxy) is 3. The highest BCUT2D eigenvalue weighted by molar-refractivity contribution is 5.69. The number of hydrogen-bond donors (Lipinski definition) is 0. The third-order valence-electron chi connectivity index (χ3n) is 8.60. The average molecular weight is 632 g/mol. The summed E-state index contributed by atoms with van der Waals surface area (Å²) in [7, 11) is 0. The molecule has 0 aliphatic carbocycles. The molecule has 0 heterocycles. The Hall–Kier alpha value is -2.44. The summed E-state index contributed by atoms with van der Waals surface area (Å²) < 4.78 is 16.7. The lowest BCUT2D eigenvalue weighted by atomic mass is 9.95. The topological polar surface area (TPSA) is 91.3 Å². The molecule has 7 heteroatoms. The Morgan fingerprint density at radius 1 is 0.622 bits per heavy atom. The molecule has 0 fully saturated rings. The van der Waals surface area contributed by atoms with Crippen molar-refractivity contribution in [1.29, 1.82) is 0 Å². The number of hydrogen-bond acceptors (Lipinski definition) is 7. The Bertz CT molecular complexity index is 858. The second-order valence-electron chi connectivity index (χ2n) is 12.8. The first-order chi connectivity index (χ1) is 22.0. The van der Waals surface area contributed by atoms with Crippen LogP contribution in [0.4, 0.5) is 10.5 Å². The molecule has 1 aromatic rings. The Morgan fingerprint density at radius 3 is 1.67 bits per heavy atom. The Balaban J connectivity index is 2.24. The van der Waals surface area contributed by atoms with Gasteiger partial charge in [-0.3, -0.25) is 4.79 Å². The van der Waals surface area contributed by atoms with E-state index in [-0.39, 0.29) is 17.8 Å². The number of nitroso groups, excluding NO2 is 1. The van der Waals surface area contributed by atoms with E-state index in [4.69, 9.17) is 14.2 Å². The minimum atomic E-state index is -0.708. The Morgan fingerprint density at radius 2 is 1.09 bits per heavy atom. The summed E-state index contributed by atoms with van der Waals surface area (Å²) >= 11 is 0. The van der Waals surface area contributed by atoms with Crippen molar-refractivity contribution < 1.29 is 23.8 Å². The number of carbonyl (C=O) groups is 2. The molecule has 45 heavy (non-hydrogen) atoms. The molecule has 0 aliphatic rings. The third-order valence-corrected chi connectivity index (χ3v) is 8.60. The molecule has 0 spiro atoms. The molecule has 0 aromatic heterocycles. The van der Waals surface area contributed by atoms with Crippen LogP contribution in [0.5, 0.6) is 5.75 Å². The number of unbranched alkanes of at least 4 members (excludes halogenated alkanes) is 15. The van der Waals surface area contributed by atoms with E-state index >= 15 is 0 Å². The van der Waals surface area contributed by atoms with Gasteiger partial charge in [-0.05, 0) is 80.3 Å². The van der Waals surface area contributed by atoms with Crippen molar-refractivity contribution in [2.75, 3.05) is 6.61 Å². The summed E-state index contributed by atoms with van der Waals surface area (Å²) in [6.07, 6.45) is 26.0. The van der Waals surface area contributed by atoms with Crippen LogP contribution in [0.2, 0.25) is 0 Å². The fourth-order valence-corrected chi connectivity index (χ4v) is 5.73. The van der Waals surface area contributed by atoms with Crippen molar-refractivity contribution in [2.45, 2.75) is 181 Å². The highest BCUT2D eigenvalue weighted by Crippen LogP contribution is 2.22. The van der Waals surface area contributed by atoms with Gasteiger partial charge in [0.25, 0.3) is 0 Å². The van der Waals surface area contributed by atoms with Gasteiger partial charge in [-0.2, -0.15) is 0 Å². The van der Waals surface area contributed by atoms with Gasteiger partial charge in [0.1, 0.15) is 17.5 Å². The lowest BCUT2D eigenvalue weighted by Crippen LogP contribution is -2.21. The minimum Gasteiger partial charge on any atom is -0.465 e. The van der Waals surface area contributed by atoms with E-state index < -0.39 is 6.16 Å². The van der Waals surface area contributed by atoms with Crippen LogP contribution in [0, 0.1) is 10.8 Å². The van der Waals surface area contributed by atoms with Crippen molar-refractivity contribution in [3.8, 4) is 5.75 Å². The van der Waals surface area contributed by atoms with E-state index in [0.717, 1.165) is 70.6 Å². The summed E-state index contributed by atoms with van der Waals surface area (Å²) in [6, 6.07) is 6.07. The van der Waals surface area contributed by atoms with Crippen molar-refractivity contribution in [2.24, 2.45) is 11.1 Å². The van der Waals surface area contributed by atoms with Gasteiger partial charge >= 0.3 is 12.1 Å². The molecule has 2 atom stereocenters. The van der Waals surface area contributed by atoms with Crippen LogP contribution >= 0.6 is 0 Å². The summed E-state index contributed by atoms with van der Waals surface area (Å²) in [6.45, 7) is 7.26. The number of rotatable bonds is 30. The predicted molar refractivity (Wildman–Crippen MR) is 185 cm³/mol. The maximum atomic E-state index is 12.4. The number of benzene rings is 1. The smallest absolute Gasteiger partial charge is 0.465 e. The molecular weight excluding hydrogens is 566 g/mol. The standard InChI is InChI=1S/C38H65NO6/c1-4-7-10-12-15-20-24-33(23-19-11-8-5-2)32-43-37(40)27-22-17-14-13-16-21-26-35(25-18-9-6-3)44-38(41)45-36-30-28-34(39-42)29-31-36/h28-31,33,35H,4-27,32H2,1-3H3. The van der Waals surface area contributed by atoms with E-state index in [1.54, 1.807) is 0 Å². The van der Waals surface area contributed by atoms with Crippen molar-refractivity contribution in [1.82, 2.24) is 0 Å². The van der Waals surface area contributed by atoms with E-state index in [1.807, 2.05) is 0 Å². The summed E-state index contributed by atoms with van der Waals surface area (Å²) in [4.78, 5) is 35.4. The SMILES string of the molecule is CCCCCCCCC(CCCCCC)COC(=O)CCCCCCCCC(CCCCC)OC(=O)Oc1ccc(N=O)cc1. The van der Waals surface area contributed by atoms with Crippen LogP contribution in [0.15, 0.2) is 29.4 Å². The normalized spacial score (nSPS) is 12.4. The van der Waals surface area contributed by atoms with Gasteiger partial charge in [-0.15, -0.1) is 4.91 Å². The van der Waals surface area contributed by atoms with Crippen molar-refractivity contribution >= 4 is 17.8 Å². The maximum Gasteiger partial charge on any atom is 0.514 e. The molecule has 0 amide bonds. The number of esters is 1. The summed E-state index contributed by atoms with van der Waals surface area (Å²) in [5, 5.41) is 2.85. The molecule has 1 rings (SSSR count). The molecular formula is C38H65NO6. The van der Waals surface area contributed by atoms with Gasteiger partial charge in [-0.1, -0.05) is 124 Å². The lowest BCUT2D eigenvalue weighted by molar-refractivity contribution is -0.145. The van der Waals surface area contributed by atoms with E-state index in [9.17, 15) is 14.5 Å². The fraction of sp³-hybridized carbons (Fsp3) is 0.789. The van der Waals surface area contributed by atoms with Gasteiger partial charge in [0.05, 0.1) is 6.61 Å². The van der Waals surface area contributed by atoms with Gasteiger partial charge < -0.3 is 14.2 Å². The van der Waals surface area contributed by atoms with Gasteiger partial charge in [0.15, 0.2) is 0 Å². The van der Waals surface area contributed by atoms with Crippen LogP contribution in [0.25, 0.3) is 0 Å². The van der Waals surface area contributed by atoms with E-state index in [0.29, 0.717) is 24.7 Å². The minimum absolute atomic E-state index is 0.0354. The molecule has 0 saturated carbocycles. The molecule has 0 radical (unpaired) electrons. The van der Waals surface area contributed by atoms with Crippen LogP contribution < -0.4 is 4.74 Å². The second kappa shape index (κ2) is 29.0. The zero-order valence-electron chi connectivity index (χ0n) is 29.0. The zero-order chi connectivity index (χ0) is 32.8. The quantitative estimate of drug-likeness (QED) is 0.0363. The lowest BCUT2D eigenvalue weighted by Gasteiger charge is -2.17. The predicted octanol–water partition coefficient (Wildman–Crippen LogP) is 12.5. The molecule has 0 saturated heterocycles. The Kier molecular flexibility index (Phi) is 26.1. The van der Waals surface area contributed by atoms with Crippen molar-refractivity contribution in [3.63, 3.8) is 0 Å². The van der Waals surface area contributed by atoms with Gasteiger partial charge in [-0.25, -0.2) is 4.79 Å². The van der Waals surface area contributed by atoms with Crippen LogP contribution in [-0.4, -0.2) is 24.8 Å². The molecule has 2 unspecified atom stereocenters. The molecule has 7 nitrogen and oxygen atoms in total. The average Bonchev–Trinajstić information content (AvgIpc) is 3.04. The number of nitrogens with zero attached hydrogens (tertiary/aromatic N) is 1. The third kappa shape index (κ3) is 23.5. The second-order valence-corrected chi connectivity index (χ2v) is 12.8. The number of carbonyl (C=O) groups excluding carboxylic acids is 2. The largest absolute Gasteiger partial charge is 0.514 e. The molecule has 1 aromatic carbocycles. The maximum absolute atomic E-state index is 12.4. The Labute approximate surface area is 274 Å². The summed E-state index contributed by atoms with van der Waals surface area (Å²) in [5.41, 5.74) is 0.281. The van der Waals surface area contributed by atoms with Crippen molar-refractivity contribution in [3.05, 3.63) is 29.2 Å². The van der Waals surface area contributed by atoms with Gasteiger partial charge in [0, 0.05) is 6.42 Å². The molecule has 258 valence electrons. The van der Waals surface area contributed by atoms with Crippen LogP contribution in [-0.2, 0) is 14.3 Å². The monoisotopic (exact) mass is 631 g/mol.